The lowest BCUT2D eigenvalue weighted by Crippen LogP contribution is -2.36. The largest absolute Gasteiger partial charge is 0.456 e. The maximum atomic E-state index is 6.57. The molecule has 0 saturated heterocycles. The van der Waals surface area contributed by atoms with Crippen molar-refractivity contribution >= 4 is 55.4 Å². The molecule has 0 bridgehead atoms. The second kappa shape index (κ2) is 11.5. The molecule has 0 radical (unpaired) electrons. The highest BCUT2D eigenvalue weighted by atomic mass is 16.3. The predicted molar refractivity (Wildman–Crippen MR) is 205 cm³/mol. The maximum Gasteiger partial charge on any atom is 0.170 e. The van der Waals surface area contributed by atoms with Crippen molar-refractivity contribution in [2.75, 3.05) is 0 Å². The molecule has 3 heterocycles. The zero-order valence-corrected chi connectivity index (χ0v) is 27.0. The lowest BCUT2D eigenvalue weighted by molar-refractivity contribution is 0.667. The third kappa shape index (κ3) is 4.55. The summed E-state index contributed by atoms with van der Waals surface area (Å²) in [6.45, 7) is 0. The zero-order valence-electron chi connectivity index (χ0n) is 27.0. The summed E-state index contributed by atoms with van der Waals surface area (Å²) in [6, 6.07) is 59.1. The number of nitrogens with zero attached hydrogens (tertiary/aromatic N) is 3. The maximum absolute atomic E-state index is 6.57. The molecule has 1 N–H and O–H groups in total. The lowest BCUT2D eigenvalue weighted by atomic mass is 9.95. The van der Waals surface area contributed by atoms with Crippen LogP contribution in [0.25, 0.3) is 60.6 Å². The van der Waals surface area contributed by atoms with E-state index in [9.17, 15) is 0 Å². The van der Waals surface area contributed by atoms with Gasteiger partial charge >= 0.3 is 0 Å². The number of aromatic nitrogens is 1. The highest BCUT2D eigenvalue weighted by Crippen LogP contribution is 2.43. The molecule has 9 aromatic rings. The van der Waals surface area contributed by atoms with Crippen molar-refractivity contribution in [3.63, 3.8) is 0 Å². The minimum Gasteiger partial charge on any atom is -0.456 e. The van der Waals surface area contributed by atoms with Gasteiger partial charge in [-0.1, -0.05) is 127 Å². The molecule has 7 aromatic carbocycles. The van der Waals surface area contributed by atoms with Crippen LogP contribution in [0.4, 0.5) is 0 Å². The summed E-state index contributed by atoms with van der Waals surface area (Å²) < 4.78 is 8.92. The Kier molecular flexibility index (Phi) is 6.49. The van der Waals surface area contributed by atoms with Crippen molar-refractivity contribution in [2.24, 2.45) is 9.98 Å². The number of hydrogen-bond acceptors (Lipinski definition) is 4. The molecule has 10 rings (SSSR count). The minimum absolute atomic E-state index is 0.481. The molecule has 0 amide bonds. The molecular weight excluding hydrogens is 613 g/mol. The topological polar surface area (TPSA) is 54.8 Å². The van der Waals surface area contributed by atoms with E-state index in [4.69, 9.17) is 14.4 Å². The van der Waals surface area contributed by atoms with Crippen LogP contribution in [0.2, 0.25) is 0 Å². The summed E-state index contributed by atoms with van der Waals surface area (Å²) >= 11 is 0. The minimum atomic E-state index is -0.481. The number of benzene rings is 7. The van der Waals surface area contributed by atoms with Crippen LogP contribution >= 0.6 is 0 Å². The van der Waals surface area contributed by atoms with Gasteiger partial charge in [0.2, 0.25) is 0 Å². The number of rotatable bonds is 5. The fraction of sp³-hybridized carbons (Fsp3) is 0.0222. The van der Waals surface area contributed by atoms with Gasteiger partial charge in [-0.2, -0.15) is 0 Å². The van der Waals surface area contributed by atoms with Gasteiger partial charge < -0.3 is 14.3 Å². The van der Waals surface area contributed by atoms with E-state index in [0.29, 0.717) is 0 Å². The molecule has 0 spiro atoms. The van der Waals surface area contributed by atoms with Crippen molar-refractivity contribution in [3.05, 3.63) is 187 Å². The Bertz CT molecular complexity index is 2720. The van der Waals surface area contributed by atoms with Crippen LogP contribution in [0.15, 0.2) is 184 Å². The van der Waals surface area contributed by atoms with Gasteiger partial charge in [-0.15, -0.1) is 0 Å². The number of aliphatic imine (C=N–C) groups is 2. The van der Waals surface area contributed by atoms with E-state index in [2.05, 4.69) is 131 Å². The van der Waals surface area contributed by atoms with Gasteiger partial charge in [-0.05, 0) is 53.6 Å². The zero-order chi connectivity index (χ0) is 33.0. The highest BCUT2D eigenvalue weighted by molar-refractivity contribution is 6.18. The second-order valence-electron chi connectivity index (χ2n) is 12.6. The molecule has 236 valence electrons. The molecular formula is C45H30N4O. The second-order valence-corrected chi connectivity index (χ2v) is 12.6. The smallest absolute Gasteiger partial charge is 0.170 e. The molecule has 1 aliphatic heterocycles. The summed E-state index contributed by atoms with van der Waals surface area (Å²) in [6.07, 6.45) is -0.481. The molecule has 0 unspecified atom stereocenters. The Balaban J connectivity index is 1.19. The normalized spacial score (nSPS) is 13.5. The van der Waals surface area contributed by atoms with Crippen LogP contribution in [-0.4, -0.2) is 16.2 Å². The van der Waals surface area contributed by atoms with E-state index in [-0.39, 0.29) is 0 Å². The first-order chi connectivity index (χ1) is 24.8. The molecule has 5 heteroatoms. The Morgan fingerprint density at radius 1 is 0.480 bits per heavy atom. The summed E-state index contributed by atoms with van der Waals surface area (Å²) in [5.41, 5.74) is 10.4. The van der Waals surface area contributed by atoms with Crippen molar-refractivity contribution < 1.29 is 4.42 Å². The van der Waals surface area contributed by atoms with Crippen LogP contribution in [0, 0.1) is 0 Å². The summed E-state index contributed by atoms with van der Waals surface area (Å²) in [5.74, 6) is 1.57. The monoisotopic (exact) mass is 642 g/mol. The molecule has 5 nitrogen and oxygen atoms in total. The number of nitrogens with one attached hydrogen (secondary N) is 1. The quantitative estimate of drug-likeness (QED) is 0.203. The van der Waals surface area contributed by atoms with E-state index in [0.717, 1.165) is 67.1 Å². The SMILES string of the molecule is c1ccc(C2=NC(c3cccc4oc5cccc(-c6ccc7c(c6)c6ccccc6n7-c6ccccc6)c5c34)N=C(c3ccccc3)N2)cc1. The van der Waals surface area contributed by atoms with Gasteiger partial charge in [0.1, 0.15) is 22.8 Å². The average molecular weight is 643 g/mol. The van der Waals surface area contributed by atoms with Crippen LogP contribution in [0.5, 0.6) is 0 Å². The molecule has 50 heavy (non-hydrogen) atoms. The van der Waals surface area contributed by atoms with Gasteiger partial charge in [-0.3, -0.25) is 0 Å². The fourth-order valence-electron chi connectivity index (χ4n) is 7.42. The van der Waals surface area contributed by atoms with Gasteiger partial charge in [-0.25, -0.2) is 9.98 Å². The molecule has 0 atom stereocenters. The third-order valence-electron chi connectivity index (χ3n) is 9.66. The van der Waals surface area contributed by atoms with Crippen molar-refractivity contribution in [3.8, 4) is 16.8 Å². The lowest BCUT2D eigenvalue weighted by Gasteiger charge is -2.23. The first kappa shape index (κ1) is 28.3. The van der Waals surface area contributed by atoms with E-state index in [1.807, 2.05) is 48.5 Å². The molecule has 0 fully saturated rings. The van der Waals surface area contributed by atoms with Crippen molar-refractivity contribution in [1.82, 2.24) is 9.88 Å². The third-order valence-corrected chi connectivity index (χ3v) is 9.66. The number of fused-ring (bicyclic) bond motifs is 6. The number of hydrogen-bond donors (Lipinski definition) is 1. The average Bonchev–Trinajstić information content (AvgIpc) is 3.74. The van der Waals surface area contributed by atoms with Crippen molar-refractivity contribution in [1.29, 1.82) is 0 Å². The highest BCUT2D eigenvalue weighted by Gasteiger charge is 2.25. The molecule has 1 aliphatic rings. The predicted octanol–water partition coefficient (Wildman–Crippen LogP) is 10.8. The number of furan rings is 1. The molecule has 0 aliphatic carbocycles. The van der Waals surface area contributed by atoms with Gasteiger partial charge in [0, 0.05) is 43.9 Å². The Morgan fingerprint density at radius 3 is 1.80 bits per heavy atom. The van der Waals surface area contributed by atoms with E-state index >= 15 is 0 Å². The number of amidine groups is 2. The summed E-state index contributed by atoms with van der Waals surface area (Å²) in [7, 11) is 0. The van der Waals surface area contributed by atoms with Gasteiger partial charge in [0.15, 0.2) is 6.17 Å². The van der Waals surface area contributed by atoms with Crippen LogP contribution in [-0.2, 0) is 0 Å². The van der Waals surface area contributed by atoms with Crippen LogP contribution in [0.3, 0.4) is 0 Å². The summed E-state index contributed by atoms with van der Waals surface area (Å²) in [4.78, 5) is 10.4. The van der Waals surface area contributed by atoms with Crippen LogP contribution in [0.1, 0.15) is 22.9 Å². The van der Waals surface area contributed by atoms with Crippen molar-refractivity contribution in [2.45, 2.75) is 6.17 Å². The van der Waals surface area contributed by atoms with E-state index in [1.54, 1.807) is 0 Å². The van der Waals surface area contributed by atoms with Gasteiger partial charge in [0.25, 0.3) is 0 Å². The standard InChI is InChI=1S/C45H30N4O/c1-4-14-29(15-5-1)43-46-44(30-16-6-2-7-17-30)48-45(47-43)35-22-13-25-40-42(35)41-33(21-12-24-39(41)50-40)31-26-27-38-36(28-31)34-20-10-11-23-37(34)49(38)32-18-8-3-9-19-32/h1-28,45H,(H,46,47,48). The molecule has 2 aromatic heterocycles. The van der Waals surface area contributed by atoms with E-state index in [1.165, 1.54) is 21.8 Å². The molecule has 0 saturated carbocycles. The van der Waals surface area contributed by atoms with Gasteiger partial charge in [0.05, 0.1) is 11.0 Å². The first-order valence-corrected chi connectivity index (χ1v) is 16.9. The van der Waals surface area contributed by atoms with E-state index < -0.39 is 6.17 Å². The Hall–Kier alpha value is -6.72. The summed E-state index contributed by atoms with van der Waals surface area (Å²) in [5, 5.41) is 8.05. The van der Waals surface area contributed by atoms with Crippen LogP contribution < -0.4 is 5.32 Å². The number of para-hydroxylation sites is 2. The first-order valence-electron chi connectivity index (χ1n) is 16.9. The fourth-order valence-corrected chi connectivity index (χ4v) is 7.42. The Morgan fingerprint density at radius 2 is 1.08 bits per heavy atom. The Labute approximate surface area is 288 Å².